The van der Waals surface area contributed by atoms with Crippen molar-refractivity contribution >= 4 is 5.69 Å². The molecule has 3 nitrogen and oxygen atoms in total. The van der Waals surface area contributed by atoms with Crippen LogP contribution in [0, 0.1) is 0 Å². The molecule has 0 aliphatic carbocycles. The Kier molecular flexibility index (Phi) is 5.44. The Morgan fingerprint density at radius 2 is 1.70 bits per heavy atom. The van der Waals surface area contributed by atoms with E-state index in [-0.39, 0.29) is 0 Å². The summed E-state index contributed by atoms with van der Waals surface area (Å²) in [5.74, 6) is 0.896. The highest BCUT2D eigenvalue weighted by Crippen LogP contribution is 2.11. The number of benzene rings is 2. The molecule has 0 saturated carbocycles. The second-order valence-electron chi connectivity index (χ2n) is 4.89. The Labute approximate surface area is 121 Å². The SMILES string of the molecule is COc1ccc(CNCC(C)Nc2ccccc2)cc1. The van der Waals surface area contributed by atoms with E-state index in [0.29, 0.717) is 6.04 Å². The van der Waals surface area contributed by atoms with Crippen molar-refractivity contribution < 1.29 is 4.74 Å². The van der Waals surface area contributed by atoms with Crippen LogP contribution in [0.4, 0.5) is 5.69 Å². The zero-order chi connectivity index (χ0) is 14.2. The van der Waals surface area contributed by atoms with E-state index in [9.17, 15) is 0 Å². The van der Waals surface area contributed by atoms with Gasteiger partial charge < -0.3 is 15.4 Å². The molecule has 0 aliphatic heterocycles. The number of hydrogen-bond acceptors (Lipinski definition) is 3. The smallest absolute Gasteiger partial charge is 0.118 e. The van der Waals surface area contributed by atoms with Crippen molar-refractivity contribution in [1.82, 2.24) is 5.32 Å². The fraction of sp³-hybridized carbons (Fsp3) is 0.294. The number of methoxy groups -OCH3 is 1. The minimum Gasteiger partial charge on any atom is -0.497 e. The molecule has 2 aromatic carbocycles. The summed E-state index contributed by atoms with van der Waals surface area (Å²) in [6.45, 7) is 3.96. The maximum Gasteiger partial charge on any atom is 0.118 e. The highest BCUT2D eigenvalue weighted by molar-refractivity contribution is 5.43. The van der Waals surface area contributed by atoms with Crippen LogP contribution in [0.1, 0.15) is 12.5 Å². The van der Waals surface area contributed by atoms with Gasteiger partial charge in [0.2, 0.25) is 0 Å². The number of hydrogen-bond donors (Lipinski definition) is 2. The minimum absolute atomic E-state index is 0.385. The summed E-state index contributed by atoms with van der Waals surface area (Å²) in [5.41, 5.74) is 2.42. The van der Waals surface area contributed by atoms with E-state index in [1.165, 1.54) is 5.56 Å². The fourth-order valence-corrected chi connectivity index (χ4v) is 2.05. The van der Waals surface area contributed by atoms with Gasteiger partial charge in [0.1, 0.15) is 5.75 Å². The topological polar surface area (TPSA) is 33.3 Å². The molecular weight excluding hydrogens is 248 g/mol. The van der Waals surface area contributed by atoms with Crippen LogP contribution in [-0.2, 0) is 6.54 Å². The quantitative estimate of drug-likeness (QED) is 0.810. The molecule has 1 atom stereocenters. The molecule has 0 spiro atoms. The number of rotatable bonds is 7. The Bertz CT molecular complexity index is 496. The number of nitrogens with one attached hydrogen (secondary N) is 2. The Morgan fingerprint density at radius 3 is 2.35 bits per heavy atom. The van der Waals surface area contributed by atoms with Crippen LogP contribution in [0.25, 0.3) is 0 Å². The van der Waals surface area contributed by atoms with Crippen molar-refractivity contribution in [3.63, 3.8) is 0 Å². The predicted molar refractivity (Wildman–Crippen MR) is 84.2 cm³/mol. The first-order chi connectivity index (χ1) is 9.78. The van der Waals surface area contributed by atoms with E-state index in [0.717, 1.165) is 24.5 Å². The monoisotopic (exact) mass is 270 g/mol. The average Bonchev–Trinajstić information content (AvgIpc) is 2.49. The third kappa shape index (κ3) is 4.59. The molecule has 20 heavy (non-hydrogen) atoms. The minimum atomic E-state index is 0.385. The zero-order valence-electron chi connectivity index (χ0n) is 12.1. The van der Waals surface area contributed by atoms with Crippen LogP contribution in [0.3, 0.4) is 0 Å². The standard InChI is InChI=1S/C17H22N2O/c1-14(19-16-6-4-3-5-7-16)12-18-13-15-8-10-17(20-2)11-9-15/h3-11,14,18-19H,12-13H2,1-2H3. The molecule has 3 heteroatoms. The molecule has 0 radical (unpaired) electrons. The second-order valence-corrected chi connectivity index (χ2v) is 4.89. The summed E-state index contributed by atoms with van der Waals surface area (Å²) in [7, 11) is 1.68. The van der Waals surface area contributed by atoms with E-state index >= 15 is 0 Å². The van der Waals surface area contributed by atoms with Crippen LogP contribution in [0.2, 0.25) is 0 Å². The molecule has 0 fully saturated rings. The Balaban J connectivity index is 1.72. The van der Waals surface area contributed by atoms with Gasteiger partial charge in [-0.1, -0.05) is 30.3 Å². The lowest BCUT2D eigenvalue weighted by atomic mass is 10.2. The van der Waals surface area contributed by atoms with Gasteiger partial charge in [-0.05, 0) is 36.8 Å². The second kappa shape index (κ2) is 7.56. The predicted octanol–water partition coefficient (Wildman–Crippen LogP) is 3.29. The highest BCUT2D eigenvalue weighted by Gasteiger charge is 2.01. The molecule has 2 N–H and O–H groups in total. The van der Waals surface area contributed by atoms with Crippen LogP contribution >= 0.6 is 0 Å². The Morgan fingerprint density at radius 1 is 1.00 bits per heavy atom. The molecule has 0 aliphatic rings. The molecule has 2 rings (SSSR count). The summed E-state index contributed by atoms with van der Waals surface area (Å²) >= 11 is 0. The van der Waals surface area contributed by atoms with Gasteiger partial charge in [-0.25, -0.2) is 0 Å². The maximum atomic E-state index is 5.15. The number of anilines is 1. The van der Waals surface area contributed by atoms with Crippen molar-refractivity contribution in [2.24, 2.45) is 0 Å². The lowest BCUT2D eigenvalue weighted by Crippen LogP contribution is -2.30. The van der Waals surface area contributed by atoms with Crippen LogP contribution in [0.15, 0.2) is 54.6 Å². The van der Waals surface area contributed by atoms with E-state index in [4.69, 9.17) is 4.74 Å². The van der Waals surface area contributed by atoms with Crippen molar-refractivity contribution in [3.05, 3.63) is 60.2 Å². The van der Waals surface area contributed by atoms with Gasteiger partial charge in [0.05, 0.1) is 7.11 Å². The first-order valence-electron chi connectivity index (χ1n) is 6.93. The van der Waals surface area contributed by atoms with E-state index < -0.39 is 0 Å². The van der Waals surface area contributed by atoms with Gasteiger partial charge in [0, 0.05) is 24.8 Å². The van der Waals surface area contributed by atoms with Crippen molar-refractivity contribution in [2.45, 2.75) is 19.5 Å². The molecule has 0 bridgehead atoms. The van der Waals surface area contributed by atoms with Gasteiger partial charge in [0.15, 0.2) is 0 Å². The van der Waals surface area contributed by atoms with Gasteiger partial charge in [0.25, 0.3) is 0 Å². The number of para-hydroxylation sites is 1. The van der Waals surface area contributed by atoms with E-state index in [1.54, 1.807) is 7.11 Å². The normalized spacial score (nSPS) is 11.9. The molecular formula is C17H22N2O. The number of ether oxygens (including phenoxy) is 1. The third-order valence-electron chi connectivity index (χ3n) is 3.13. The Hall–Kier alpha value is -2.00. The van der Waals surface area contributed by atoms with Crippen LogP contribution in [-0.4, -0.2) is 19.7 Å². The van der Waals surface area contributed by atoms with Gasteiger partial charge in [-0.3, -0.25) is 0 Å². The molecule has 0 saturated heterocycles. The lowest BCUT2D eigenvalue weighted by molar-refractivity contribution is 0.414. The third-order valence-corrected chi connectivity index (χ3v) is 3.13. The lowest BCUT2D eigenvalue weighted by Gasteiger charge is -2.16. The molecule has 0 amide bonds. The molecule has 0 aromatic heterocycles. The molecule has 0 heterocycles. The highest BCUT2D eigenvalue weighted by atomic mass is 16.5. The summed E-state index contributed by atoms with van der Waals surface area (Å²) in [5, 5.41) is 6.92. The molecule has 2 aromatic rings. The summed E-state index contributed by atoms with van der Waals surface area (Å²) in [6, 6.07) is 18.8. The van der Waals surface area contributed by atoms with E-state index in [1.807, 2.05) is 30.3 Å². The van der Waals surface area contributed by atoms with Gasteiger partial charge >= 0.3 is 0 Å². The molecule has 106 valence electrons. The van der Waals surface area contributed by atoms with Gasteiger partial charge in [-0.2, -0.15) is 0 Å². The average molecular weight is 270 g/mol. The first kappa shape index (κ1) is 14.4. The fourth-order valence-electron chi connectivity index (χ4n) is 2.05. The van der Waals surface area contributed by atoms with Crippen molar-refractivity contribution in [3.8, 4) is 5.75 Å². The first-order valence-corrected chi connectivity index (χ1v) is 6.93. The summed E-state index contributed by atoms with van der Waals surface area (Å²) < 4.78 is 5.15. The summed E-state index contributed by atoms with van der Waals surface area (Å²) in [6.07, 6.45) is 0. The van der Waals surface area contributed by atoms with E-state index in [2.05, 4.69) is 41.8 Å². The van der Waals surface area contributed by atoms with Crippen LogP contribution in [0.5, 0.6) is 5.75 Å². The molecule has 1 unspecified atom stereocenters. The maximum absolute atomic E-state index is 5.15. The largest absolute Gasteiger partial charge is 0.497 e. The summed E-state index contributed by atoms with van der Waals surface area (Å²) in [4.78, 5) is 0. The van der Waals surface area contributed by atoms with Crippen molar-refractivity contribution in [1.29, 1.82) is 0 Å². The van der Waals surface area contributed by atoms with Gasteiger partial charge in [-0.15, -0.1) is 0 Å². The zero-order valence-corrected chi connectivity index (χ0v) is 12.1. The van der Waals surface area contributed by atoms with Crippen LogP contribution < -0.4 is 15.4 Å². The van der Waals surface area contributed by atoms with Crippen molar-refractivity contribution in [2.75, 3.05) is 19.0 Å².